The predicted molar refractivity (Wildman–Crippen MR) is 102 cm³/mol. The van der Waals surface area contributed by atoms with E-state index < -0.39 is 18.1 Å². The van der Waals surface area contributed by atoms with Crippen molar-refractivity contribution in [3.63, 3.8) is 0 Å². The van der Waals surface area contributed by atoms with E-state index in [4.69, 9.17) is 26.6 Å². The molecule has 0 atom stereocenters. The van der Waals surface area contributed by atoms with Gasteiger partial charge in [-0.3, -0.25) is 8.42 Å². The van der Waals surface area contributed by atoms with E-state index in [9.17, 15) is 0 Å². The van der Waals surface area contributed by atoms with Gasteiger partial charge in [-0.2, -0.15) is 0 Å². The summed E-state index contributed by atoms with van der Waals surface area (Å²) in [5, 5.41) is 0. The zero-order valence-electron chi connectivity index (χ0n) is 15.0. The first-order chi connectivity index (χ1) is 4.00. The molecule has 0 unspecified atom stereocenters. The van der Waals surface area contributed by atoms with Crippen LogP contribution in [-0.2, 0) is 74.0 Å². The molecule has 0 aromatic heterocycles. The van der Waals surface area contributed by atoms with Crippen LogP contribution in [0.15, 0.2) is 0 Å². The van der Waals surface area contributed by atoms with Crippen molar-refractivity contribution in [2.24, 2.45) is 0 Å². The molecule has 0 amide bonds. The second-order valence-corrected chi connectivity index (χ2v) is 4.90. The molecule has 40 N–H and O–H groups in total. The molecular weight excluding hydrogens is 613 g/mol. The molecule has 0 heterocycles. The number of hydrogen-bond acceptors (Lipinski definition) is 20. The summed E-state index contributed by atoms with van der Waals surface area (Å²) in [6.45, 7) is 0. The summed E-state index contributed by atoms with van der Waals surface area (Å²) in [7, 11) is -8.67. The third-order valence-electron chi connectivity index (χ3n) is 0. The molecule has 20 nitrogen and oxygen atoms in total. The Kier molecular flexibility index (Phi) is 1100. The van der Waals surface area contributed by atoms with E-state index in [2.05, 4.69) is 22.4 Å². The Balaban J connectivity index is -0.00000000155. The van der Waals surface area contributed by atoms with Gasteiger partial charge in [-0.15, -0.1) is 18.1 Å². The Hall–Kier alpha value is 1.61. The Bertz CT molecular complexity index is 252. The third-order valence-corrected chi connectivity index (χ3v) is 0. The molecule has 0 bridgehead atoms. The van der Waals surface area contributed by atoms with Crippen molar-refractivity contribution in [3.05, 3.63) is 0 Å². The summed E-state index contributed by atoms with van der Waals surface area (Å²) < 4.78 is 53.3. The van der Waals surface area contributed by atoms with Crippen molar-refractivity contribution in [1.82, 2.24) is 73.8 Å². The first-order valence-electron chi connectivity index (χ1n) is 1.33. The minimum absolute atomic E-state index is 0. The minimum Gasteiger partial charge on any atom is -1.00 e. The van der Waals surface area contributed by atoms with Gasteiger partial charge in [-0.05, 0) is 22.4 Å². The van der Waals surface area contributed by atoms with Crippen LogP contribution in [0.2, 0.25) is 0 Å². The van der Waals surface area contributed by atoms with E-state index in [0.717, 1.165) is 0 Å². The Morgan fingerprint density at radius 1 is 0.429 bits per heavy atom. The van der Waals surface area contributed by atoms with Crippen LogP contribution < -0.4 is 98.6 Å². The standard InChI is InChI=1S/2ClH.2Co.12H3N.2H2O3S2.2H2O/c;;;;;;;;;;;;;;;;2*1-5(2,3)4;;/h2*1H;;;12*1H3;2*(H2,1,2,3,4);2*1H2/q;;2*+3;;;;;;;;;;;;;;;;/p-6. The van der Waals surface area contributed by atoms with Crippen molar-refractivity contribution in [3.8, 4) is 0 Å². The van der Waals surface area contributed by atoms with Crippen LogP contribution in [-0.4, -0.2) is 37.6 Å². The Morgan fingerprint density at radius 3 is 0.429 bits per heavy atom. The molecule has 0 saturated carbocycles. The van der Waals surface area contributed by atoms with Gasteiger partial charge >= 0.3 is 33.6 Å². The molecule has 0 aliphatic carbocycles. The average Bonchev–Trinajstić information content (AvgIpc) is 1.12. The van der Waals surface area contributed by atoms with Crippen LogP contribution in [0.25, 0.3) is 0 Å². The van der Waals surface area contributed by atoms with Crippen molar-refractivity contribution in [2.45, 2.75) is 0 Å². The summed E-state index contributed by atoms with van der Waals surface area (Å²) >= 11 is 6.49. The fourth-order valence-electron chi connectivity index (χ4n) is 0. The first-order valence-corrected chi connectivity index (χ1v) is 6.00. The van der Waals surface area contributed by atoms with Gasteiger partial charge in [0.2, 0.25) is 0 Å². The maximum absolute atomic E-state index is 8.89. The van der Waals surface area contributed by atoms with Crippen LogP contribution in [0.3, 0.4) is 0 Å². The van der Waals surface area contributed by atoms with Crippen molar-refractivity contribution < 1.29 is 96.0 Å². The second kappa shape index (κ2) is 118. The maximum Gasteiger partial charge on any atom is 3.00 e. The fourth-order valence-corrected chi connectivity index (χ4v) is 0. The number of halogens is 2. The quantitative estimate of drug-likeness (QED) is 0.115. The van der Waals surface area contributed by atoms with Crippen LogP contribution in [0.5, 0.6) is 0 Å². The smallest absolute Gasteiger partial charge is 1.00 e. The first kappa shape index (κ1) is 262. The molecule has 28 heteroatoms. The minimum atomic E-state index is -4.33. The molecule has 28 heavy (non-hydrogen) atoms. The predicted octanol–water partition coefficient (Wildman–Crippen LogP) is -7.72. The van der Waals surface area contributed by atoms with E-state index in [1.165, 1.54) is 0 Å². The molecule has 0 rings (SSSR count). The van der Waals surface area contributed by atoms with E-state index in [1.807, 2.05) is 0 Å². The molecule has 0 saturated heterocycles. The Morgan fingerprint density at radius 2 is 0.429 bits per heavy atom. The normalized spacial score (nSPS) is 4.14. The van der Waals surface area contributed by atoms with Gasteiger partial charge in [0.15, 0.2) is 0 Å². The SMILES string of the molecule is N.N.N.N.N.N.N.N.N.N.N.N.O.O.O=S([O-])([O-])=S.O=S([O-])([O-])=S.[Cl-].[Cl-].[Co+3].[Co+3]. The molecule has 204 valence electrons. The van der Waals surface area contributed by atoms with Crippen LogP contribution >= 0.6 is 0 Å². The van der Waals surface area contributed by atoms with Gasteiger partial charge in [0.05, 0.1) is 0 Å². The van der Waals surface area contributed by atoms with Gasteiger partial charge in [-0.1, -0.05) is 0 Å². The molecule has 0 aromatic rings. The van der Waals surface area contributed by atoms with Crippen LogP contribution in [0.4, 0.5) is 0 Å². The number of rotatable bonds is 0. The summed E-state index contributed by atoms with van der Waals surface area (Å²) in [5.74, 6) is 0. The van der Waals surface area contributed by atoms with Gasteiger partial charge in [0, 0.05) is 0 Å². The van der Waals surface area contributed by atoms with Crippen molar-refractivity contribution >= 4 is 40.5 Å². The topological polar surface area (TPSA) is 609 Å². The molecule has 0 aliphatic heterocycles. The van der Waals surface area contributed by atoms with E-state index >= 15 is 0 Å². The monoisotopic (exact) mass is 652 g/mol. The van der Waals surface area contributed by atoms with Crippen molar-refractivity contribution in [1.29, 1.82) is 0 Å². The zero-order chi connectivity index (χ0) is 9.00. The molecular formula is H40Cl2Co2N12O8S4. The summed E-state index contributed by atoms with van der Waals surface area (Å²) in [5.41, 5.74) is 0. The average molecular weight is 653 g/mol. The van der Waals surface area contributed by atoms with E-state index in [-0.39, 0.29) is 143 Å². The van der Waals surface area contributed by atoms with E-state index in [0.29, 0.717) is 0 Å². The van der Waals surface area contributed by atoms with Gasteiger partial charge in [0.1, 0.15) is 0 Å². The van der Waals surface area contributed by atoms with Crippen molar-refractivity contribution in [2.75, 3.05) is 0 Å². The fraction of sp³-hybridized carbons (Fsp3) is 0. The maximum atomic E-state index is 8.89. The molecule has 0 aliphatic rings. The molecule has 0 radical (unpaired) electrons. The molecule has 0 spiro atoms. The van der Waals surface area contributed by atoms with Crippen LogP contribution in [0, 0.1) is 0 Å². The largest absolute Gasteiger partial charge is 3.00 e. The zero-order valence-corrected chi connectivity index (χ0v) is 21.9. The molecule has 0 aromatic carbocycles. The Labute approximate surface area is 209 Å². The van der Waals surface area contributed by atoms with Gasteiger partial charge in [-0.25, -0.2) is 0 Å². The number of hydrogen-bond donors (Lipinski definition) is 12. The van der Waals surface area contributed by atoms with Crippen LogP contribution in [0.1, 0.15) is 0 Å². The van der Waals surface area contributed by atoms with E-state index in [1.54, 1.807) is 0 Å². The summed E-state index contributed by atoms with van der Waals surface area (Å²) in [6, 6.07) is 0. The summed E-state index contributed by atoms with van der Waals surface area (Å²) in [6.07, 6.45) is 0. The second-order valence-electron chi connectivity index (χ2n) is 0.816. The molecule has 0 fully saturated rings. The summed E-state index contributed by atoms with van der Waals surface area (Å²) in [4.78, 5) is 0. The van der Waals surface area contributed by atoms with Gasteiger partial charge < -0.3 is 128 Å². The van der Waals surface area contributed by atoms with Gasteiger partial charge in [0.25, 0.3) is 0 Å². The third kappa shape index (κ3) is 7520.